The van der Waals surface area contributed by atoms with Crippen molar-refractivity contribution in [2.24, 2.45) is 0 Å². The van der Waals surface area contributed by atoms with E-state index >= 15 is 0 Å². The summed E-state index contributed by atoms with van der Waals surface area (Å²) in [6.07, 6.45) is 7.26. The van der Waals surface area contributed by atoms with Gasteiger partial charge in [0.25, 0.3) is 0 Å². The molecule has 4 heterocycles. The van der Waals surface area contributed by atoms with Crippen LogP contribution in [0.3, 0.4) is 0 Å². The number of amides is 1. The number of ether oxygens (including phenoxy) is 2. The highest BCUT2D eigenvalue weighted by atomic mass is 16.5. The third kappa shape index (κ3) is 4.65. The Morgan fingerprint density at radius 2 is 2.15 bits per heavy atom. The van der Waals surface area contributed by atoms with Gasteiger partial charge in [-0.25, -0.2) is 9.97 Å². The van der Waals surface area contributed by atoms with Crippen LogP contribution < -0.4 is 0 Å². The first-order chi connectivity index (χ1) is 13.2. The van der Waals surface area contributed by atoms with Crippen molar-refractivity contribution in [2.45, 2.75) is 50.7 Å². The molecule has 0 spiro atoms. The van der Waals surface area contributed by atoms with E-state index in [9.17, 15) is 4.79 Å². The summed E-state index contributed by atoms with van der Waals surface area (Å²) in [5.74, 6) is 1.50. The third-order valence-electron chi connectivity index (χ3n) is 5.94. The van der Waals surface area contributed by atoms with Gasteiger partial charge in [0.05, 0.1) is 18.4 Å². The average molecular weight is 374 g/mol. The second kappa shape index (κ2) is 8.63. The standard InChI is InChI=1S/C20H30N4O3/c1-23-7-4-15(5-8-23)20-21-11-16-12-24(9-6-18(16)22-20)19(25)14-26-13-17-3-2-10-27-17/h11,15,17H,2-10,12-14H2,1H3. The Labute approximate surface area is 161 Å². The van der Waals surface area contributed by atoms with Gasteiger partial charge in [0.1, 0.15) is 12.4 Å². The minimum absolute atomic E-state index is 0.0399. The van der Waals surface area contributed by atoms with E-state index in [1.165, 1.54) is 0 Å². The van der Waals surface area contributed by atoms with Gasteiger partial charge in [0, 0.05) is 43.8 Å². The van der Waals surface area contributed by atoms with Crippen LogP contribution in [0.15, 0.2) is 6.20 Å². The molecule has 1 aromatic heterocycles. The highest BCUT2D eigenvalue weighted by molar-refractivity contribution is 5.77. The van der Waals surface area contributed by atoms with E-state index in [2.05, 4.69) is 16.9 Å². The minimum atomic E-state index is 0.0399. The van der Waals surface area contributed by atoms with E-state index in [0.29, 0.717) is 25.6 Å². The summed E-state index contributed by atoms with van der Waals surface area (Å²) in [6.45, 7) is 4.97. The van der Waals surface area contributed by atoms with Crippen molar-refractivity contribution in [2.75, 3.05) is 46.5 Å². The van der Waals surface area contributed by atoms with E-state index < -0.39 is 0 Å². The monoisotopic (exact) mass is 374 g/mol. The average Bonchev–Trinajstić information content (AvgIpc) is 3.21. The first-order valence-electron chi connectivity index (χ1n) is 10.2. The molecule has 4 rings (SSSR count). The number of carbonyl (C=O) groups is 1. The van der Waals surface area contributed by atoms with E-state index in [4.69, 9.17) is 14.5 Å². The smallest absolute Gasteiger partial charge is 0.248 e. The summed E-state index contributed by atoms with van der Waals surface area (Å²) in [7, 11) is 2.17. The Balaban J connectivity index is 1.29. The van der Waals surface area contributed by atoms with Crippen LogP contribution in [0, 0.1) is 0 Å². The molecule has 7 heteroatoms. The van der Waals surface area contributed by atoms with E-state index in [-0.39, 0.29) is 18.6 Å². The van der Waals surface area contributed by atoms with Gasteiger partial charge in [-0.1, -0.05) is 0 Å². The molecule has 3 aliphatic heterocycles. The first-order valence-corrected chi connectivity index (χ1v) is 10.2. The summed E-state index contributed by atoms with van der Waals surface area (Å²) < 4.78 is 11.1. The Morgan fingerprint density at radius 3 is 2.93 bits per heavy atom. The normalized spacial score (nSPS) is 24.2. The molecule has 1 unspecified atom stereocenters. The van der Waals surface area contributed by atoms with Gasteiger partial charge in [0.15, 0.2) is 0 Å². The number of carbonyl (C=O) groups excluding carboxylic acids is 1. The SMILES string of the molecule is CN1CCC(c2ncc3c(n2)CCN(C(=O)COCC2CCCO2)C3)CC1. The lowest BCUT2D eigenvalue weighted by atomic mass is 9.95. The summed E-state index contributed by atoms with van der Waals surface area (Å²) in [5, 5.41) is 0. The zero-order chi connectivity index (χ0) is 18.6. The molecule has 148 valence electrons. The molecule has 0 radical (unpaired) electrons. The summed E-state index contributed by atoms with van der Waals surface area (Å²) in [4.78, 5) is 26.1. The number of nitrogens with zero attached hydrogens (tertiary/aromatic N) is 4. The van der Waals surface area contributed by atoms with Gasteiger partial charge in [0.2, 0.25) is 5.91 Å². The molecule has 0 N–H and O–H groups in total. The Morgan fingerprint density at radius 1 is 1.30 bits per heavy atom. The van der Waals surface area contributed by atoms with Gasteiger partial charge in [-0.05, 0) is 45.8 Å². The number of aromatic nitrogens is 2. The van der Waals surface area contributed by atoms with Gasteiger partial charge < -0.3 is 19.3 Å². The highest BCUT2D eigenvalue weighted by Crippen LogP contribution is 2.26. The third-order valence-corrected chi connectivity index (χ3v) is 5.94. The van der Waals surface area contributed by atoms with Gasteiger partial charge in [-0.3, -0.25) is 4.79 Å². The lowest BCUT2D eigenvalue weighted by molar-refractivity contribution is -0.138. The van der Waals surface area contributed by atoms with Crippen molar-refractivity contribution >= 4 is 5.91 Å². The summed E-state index contributed by atoms with van der Waals surface area (Å²) in [5.41, 5.74) is 2.19. The number of piperidine rings is 1. The number of rotatable bonds is 5. The molecular formula is C20H30N4O3. The van der Waals surface area contributed by atoms with Gasteiger partial charge in [-0.2, -0.15) is 0 Å². The predicted molar refractivity (Wildman–Crippen MR) is 100 cm³/mol. The molecule has 1 aromatic rings. The Bertz CT molecular complexity index is 655. The molecular weight excluding hydrogens is 344 g/mol. The second-order valence-electron chi connectivity index (χ2n) is 7.99. The molecule has 27 heavy (non-hydrogen) atoms. The van der Waals surface area contributed by atoms with Crippen LogP contribution in [0.1, 0.15) is 48.7 Å². The topological polar surface area (TPSA) is 67.8 Å². The maximum Gasteiger partial charge on any atom is 0.248 e. The molecule has 0 bridgehead atoms. The van der Waals surface area contributed by atoms with Crippen LogP contribution in [0.2, 0.25) is 0 Å². The molecule has 1 amide bonds. The van der Waals surface area contributed by atoms with Crippen LogP contribution in [0.4, 0.5) is 0 Å². The van der Waals surface area contributed by atoms with E-state index in [0.717, 1.165) is 68.9 Å². The summed E-state index contributed by atoms with van der Waals surface area (Å²) in [6, 6.07) is 0. The van der Waals surface area contributed by atoms with Crippen LogP contribution in [0.25, 0.3) is 0 Å². The molecule has 1 atom stereocenters. The summed E-state index contributed by atoms with van der Waals surface area (Å²) >= 11 is 0. The zero-order valence-corrected chi connectivity index (χ0v) is 16.2. The van der Waals surface area contributed by atoms with Crippen molar-refractivity contribution < 1.29 is 14.3 Å². The van der Waals surface area contributed by atoms with Crippen LogP contribution >= 0.6 is 0 Å². The minimum Gasteiger partial charge on any atom is -0.376 e. The maximum absolute atomic E-state index is 12.4. The zero-order valence-electron chi connectivity index (χ0n) is 16.2. The first kappa shape index (κ1) is 18.8. The molecule has 0 aromatic carbocycles. The predicted octanol–water partition coefficient (Wildman–Crippen LogP) is 1.37. The molecule has 7 nitrogen and oxygen atoms in total. The van der Waals surface area contributed by atoms with Crippen molar-refractivity contribution in [1.29, 1.82) is 0 Å². The molecule has 2 fully saturated rings. The van der Waals surface area contributed by atoms with E-state index in [1.54, 1.807) is 0 Å². The van der Waals surface area contributed by atoms with Crippen molar-refractivity contribution in [3.8, 4) is 0 Å². The fourth-order valence-corrected chi connectivity index (χ4v) is 4.15. The van der Waals surface area contributed by atoms with Crippen molar-refractivity contribution in [3.63, 3.8) is 0 Å². The lowest BCUT2D eigenvalue weighted by Crippen LogP contribution is -2.39. The molecule has 0 aliphatic carbocycles. The van der Waals surface area contributed by atoms with Crippen LogP contribution in [0.5, 0.6) is 0 Å². The second-order valence-corrected chi connectivity index (χ2v) is 7.99. The highest BCUT2D eigenvalue weighted by Gasteiger charge is 2.26. The van der Waals surface area contributed by atoms with Gasteiger partial charge >= 0.3 is 0 Å². The largest absolute Gasteiger partial charge is 0.376 e. The Hall–Kier alpha value is -1.57. The number of fused-ring (bicyclic) bond motifs is 1. The van der Waals surface area contributed by atoms with Crippen molar-refractivity contribution in [1.82, 2.24) is 19.8 Å². The van der Waals surface area contributed by atoms with Crippen LogP contribution in [-0.4, -0.2) is 78.3 Å². The fraction of sp³-hybridized carbons (Fsp3) is 0.750. The maximum atomic E-state index is 12.4. The van der Waals surface area contributed by atoms with Gasteiger partial charge in [-0.15, -0.1) is 0 Å². The van der Waals surface area contributed by atoms with E-state index in [1.807, 2.05) is 11.1 Å². The molecule has 0 saturated carbocycles. The number of likely N-dealkylation sites (tertiary alicyclic amines) is 1. The number of hydrogen-bond acceptors (Lipinski definition) is 6. The van der Waals surface area contributed by atoms with Crippen LogP contribution in [-0.2, 0) is 27.2 Å². The fourth-order valence-electron chi connectivity index (χ4n) is 4.15. The Kier molecular flexibility index (Phi) is 6.00. The molecule has 2 saturated heterocycles. The molecule has 3 aliphatic rings. The number of hydrogen-bond donors (Lipinski definition) is 0. The quantitative estimate of drug-likeness (QED) is 0.775. The lowest BCUT2D eigenvalue weighted by Gasteiger charge is -2.30. The van der Waals surface area contributed by atoms with Crippen molar-refractivity contribution in [3.05, 3.63) is 23.3 Å².